The third-order valence-corrected chi connectivity index (χ3v) is 2.97. The molecule has 0 atom stereocenters. The second kappa shape index (κ2) is 5.32. The van der Waals surface area contributed by atoms with E-state index in [0.717, 1.165) is 11.3 Å². The lowest BCUT2D eigenvalue weighted by Gasteiger charge is -2.13. The van der Waals surface area contributed by atoms with Crippen LogP contribution in [-0.4, -0.2) is 9.97 Å². The minimum absolute atomic E-state index is 0.254. The van der Waals surface area contributed by atoms with Crippen LogP contribution in [0.3, 0.4) is 0 Å². The number of rotatable bonds is 3. The van der Waals surface area contributed by atoms with Crippen molar-refractivity contribution in [2.24, 2.45) is 5.73 Å². The molecule has 98 valence electrons. The van der Waals surface area contributed by atoms with Crippen molar-refractivity contribution >= 4 is 28.7 Å². The number of nitrogens with one attached hydrogen (secondary N) is 1. The van der Waals surface area contributed by atoms with Crippen molar-refractivity contribution in [1.82, 2.24) is 4.98 Å². The molecule has 0 radical (unpaired) electrons. The molecule has 0 saturated carbocycles. The zero-order valence-corrected chi connectivity index (χ0v) is 11.5. The van der Waals surface area contributed by atoms with E-state index < -0.39 is 0 Å². The first-order valence-electron chi connectivity index (χ1n) is 5.78. The summed E-state index contributed by atoms with van der Waals surface area (Å²) in [4.78, 5) is 4.61. The molecular weight excluding hydrogens is 261 g/mol. The van der Waals surface area contributed by atoms with Crippen LogP contribution >= 0.6 is 12.2 Å². The lowest BCUT2D eigenvalue weighted by molar-refractivity contribution is 0.628. The van der Waals surface area contributed by atoms with Gasteiger partial charge in [-0.2, -0.15) is 0 Å². The maximum Gasteiger partial charge on any atom is 0.140 e. The molecule has 0 aliphatic carbocycles. The maximum absolute atomic E-state index is 13.3. The minimum Gasteiger partial charge on any atom is -0.389 e. The summed E-state index contributed by atoms with van der Waals surface area (Å²) in [6, 6.07) is 8.18. The maximum atomic E-state index is 13.3. The molecule has 1 aromatic carbocycles. The molecule has 3 nitrogen and oxygen atoms in total. The van der Waals surface area contributed by atoms with Gasteiger partial charge in [0.2, 0.25) is 0 Å². The Hall–Kier alpha value is -2.01. The summed E-state index contributed by atoms with van der Waals surface area (Å²) in [6.45, 7) is 3.75. The normalized spacial score (nSPS) is 10.3. The largest absolute Gasteiger partial charge is 0.389 e. The predicted octanol–water partition coefficient (Wildman–Crippen LogP) is 3.22. The fourth-order valence-corrected chi connectivity index (χ4v) is 1.87. The quantitative estimate of drug-likeness (QED) is 0.845. The van der Waals surface area contributed by atoms with Crippen molar-refractivity contribution in [2.45, 2.75) is 13.8 Å². The molecule has 0 bridgehead atoms. The topological polar surface area (TPSA) is 50.9 Å². The van der Waals surface area contributed by atoms with Crippen LogP contribution in [0, 0.1) is 19.7 Å². The summed E-state index contributed by atoms with van der Waals surface area (Å²) < 4.78 is 13.3. The third-order valence-electron chi connectivity index (χ3n) is 2.75. The van der Waals surface area contributed by atoms with Gasteiger partial charge in [-0.1, -0.05) is 18.3 Å². The highest BCUT2D eigenvalue weighted by atomic mass is 32.1. The fourth-order valence-electron chi connectivity index (χ4n) is 1.71. The van der Waals surface area contributed by atoms with Crippen LogP contribution in [-0.2, 0) is 0 Å². The Morgan fingerprint density at radius 3 is 2.68 bits per heavy atom. The summed E-state index contributed by atoms with van der Waals surface area (Å²) in [5.41, 5.74) is 8.70. The standard InChI is InChI=1S/C14H14FN3S/c1-8-3-5-10(15)7-12(8)18-14-11(13(16)19)6-4-9(2)17-14/h3-7H,1-2H3,(H2,16,19)(H,17,18). The second-order valence-electron chi connectivity index (χ2n) is 4.30. The van der Waals surface area contributed by atoms with Gasteiger partial charge in [0.1, 0.15) is 16.6 Å². The van der Waals surface area contributed by atoms with Crippen LogP contribution in [0.15, 0.2) is 30.3 Å². The molecule has 19 heavy (non-hydrogen) atoms. The van der Waals surface area contributed by atoms with Gasteiger partial charge in [-0.05, 0) is 43.7 Å². The molecule has 0 amide bonds. The first kappa shape index (κ1) is 13.4. The van der Waals surface area contributed by atoms with Crippen LogP contribution in [0.1, 0.15) is 16.8 Å². The second-order valence-corrected chi connectivity index (χ2v) is 4.74. The summed E-state index contributed by atoms with van der Waals surface area (Å²) in [5.74, 6) is 0.235. The van der Waals surface area contributed by atoms with Crippen LogP contribution < -0.4 is 11.1 Å². The van der Waals surface area contributed by atoms with Gasteiger partial charge in [-0.3, -0.25) is 0 Å². The van der Waals surface area contributed by atoms with Crippen LogP contribution in [0.25, 0.3) is 0 Å². The highest BCUT2D eigenvalue weighted by Gasteiger charge is 2.09. The van der Waals surface area contributed by atoms with Gasteiger partial charge in [0.05, 0.1) is 5.56 Å². The lowest BCUT2D eigenvalue weighted by Crippen LogP contribution is -2.13. The van der Waals surface area contributed by atoms with E-state index in [1.807, 2.05) is 26.0 Å². The summed E-state index contributed by atoms with van der Waals surface area (Å²) in [6.07, 6.45) is 0. The van der Waals surface area contributed by atoms with Crippen LogP contribution in [0.4, 0.5) is 15.9 Å². The van der Waals surface area contributed by atoms with E-state index in [4.69, 9.17) is 18.0 Å². The van der Waals surface area contributed by atoms with Crippen molar-refractivity contribution in [3.05, 3.63) is 53.0 Å². The summed E-state index contributed by atoms with van der Waals surface area (Å²) in [5, 5.41) is 3.09. The van der Waals surface area contributed by atoms with Crippen molar-refractivity contribution < 1.29 is 4.39 Å². The monoisotopic (exact) mass is 275 g/mol. The number of anilines is 2. The van der Waals surface area contributed by atoms with Gasteiger partial charge in [0.25, 0.3) is 0 Å². The van der Waals surface area contributed by atoms with Crippen molar-refractivity contribution in [1.29, 1.82) is 0 Å². The van der Waals surface area contributed by atoms with Crippen molar-refractivity contribution in [3.63, 3.8) is 0 Å². The van der Waals surface area contributed by atoms with E-state index in [9.17, 15) is 4.39 Å². The number of nitrogens with zero attached hydrogens (tertiary/aromatic N) is 1. The van der Waals surface area contributed by atoms with Gasteiger partial charge >= 0.3 is 0 Å². The molecule has 0 unspecified atom stereocenters. The Morgan fingerprint density at radius 1 is 1.26 bits per heavy atom. The molecule has 1 heterocycles. The molecular formula is C14H14FN3S. The Kier molecular flexibility index (Phi) is 3.76. The number of aromatic nitrogens is 1. The van der Waals surface area contributed by atoms with Crippen LogP contribution in [0.2, 0.25) is 0 Å². The van der Waals surface area contributed by atoms with Crippen molar-refractivity contribution in [2.75, 3.05) is 5.32 Å². The summed E-state index contributed by atoms with van der Waals surface area (Å²) in [7, 11) is 0. The van der Waals surface area contributed by atoms with Crippen molar-refractivity contribution in [3.8, 4) is 0 Å². The zero-order chi connectivity index (χ0) is 14.0. The van der Waals surface area contributed by atoms with E-state index in [2.05, 4.69) is 10.3 Å². The number of benzene rings is 1. The van der Waals surface area contributed by atoms with Gasteiger partial charge in [0, 0.05) is 11.4 Å². The van der Waals surface area contributed by atoms with Gasteiger partial charge < -0.3 is 11.1 Å². The highest BCUT2D eigenvalue weighted by Crippen LogP contribution is 2.23. The lowest BCUT2D eigenvalue weighted by atomic mass is 10.1. The van der Waals surface area contributed by atoms with E-state index in [1.165, 1.54) is 12.1 Å². The summed E-state index contributed by atoms with van der Waals surface area (Å²) >= 11 is 4.99. The zero-order valence-electron chi connectivity index (χ0n) is 10.7. The van der Waals surface area contributed by atoms with Gasteiger partial charge in [-0.25, -0.2) is 9.37 Å². The first-order chi connectivity index (χ1) is 8.97. The van der Waals surface area contributed by atoms with E-state index in [-0.39, 0.29) is 10.8 Å². The molecule has 0 saturated heterocycles. The molecule has 1 aromatic heterocycles. The Labute approximate surface area is 116 Å². The number of thiocarbonyl (C=S) groups is 1. The van der Waals surface area contributed by atoms with Gasteiger partial charge in [0.15, 0.2) is 0 Å². The third kappa shape index (κ3) is 3.06. The molecule has 0 fully saturated rings. The van der Waals surface area contributed by atoms with Crippen LogP contribution in [0.5, 0.6) is 0 Å². The SMILES string of the molecule is Cc1ccc(C(N)=S)c(Nc2cc(F)ccc2C)n1. The Bertz CT molecular complexity index is 641. The fraction of sp³-hybridized carbons (Fsp3) is 0.143. The molecule has 2 rings (SSSR count). The average Bonchev–Trinajstić information content (AvgIpc) is 2.33. The molecule has 3 N–H and O–H groups in total. The molecule has 0 aliphatic rings. The van der Waals surface area contributed by atoms with E-state index in [1.54, 1.807) is 6.07 Å². The Balaban J connectivity index is 2.45. The van der Waals surface area contributed by atoms with E-state index >= 15 is 0 Å². The number of nitrogens with two attached hydrogens (primary N) is 1. The number of halogens is 1. The predicted molar refractivity (Wildman–Crippen MR) is 79.3 cm³/mol. The molecule has 5 heteroatoms. The molecule has 0 aliphatic heterocycles. The molecule has 2 aromatic rings. The minimum atomic E-state index is -0.308. The number of hydrogen-bond donors (Lipinski definition) is 2. The number of pyridine rings is 1. The number of aryl methyl sites for hydroxylation is 2. The molecule has 0 spiro atoms. The first-order valence-corrected chi connectivity index (χ1v) is 6.19. The average molecular weight is 275 g/mol. The smallest absolute Gasteiger partial charge is 0.140 e. The Morgan fingerprint density at radius 2 is 2.00 bits per heavy atom. The van der Waals surface area contributed by atoms with Gasteiger partial charge in [-0.15, -0.1) is 0 Å². The highest BCUT2D eigenvalue weighted by molar-refractivity contribution is 7.80. The van der Waals surface area contributed by atoms with E-state index in [0.29, 0.717) is 17.1 Å². The number of hydrogen-bond acceptors (Lipinski definition) is 3.